The summed E-state index contributed by atoms with van der Waals surface area (Å²) in [6.07, 6.45) is 6.36. The molecule has 1 saturated heterocycles. The highest BCUT2D eigenvalue weighted by Gasteiger charge is 2.42. The Morgan fingerprint density at radius 3 is 2.74 bits per heavy atom. The van der Waals surface area contributed by atoms with Crippen LogP contribution in [-0.4, -0.2) is 22.0 Å². The number of nitrogens with one attached hydrogen (secondary N) is 1. The van der Waals surface area contributed by atoms with Crippen molar-refractivity contribution in [1.29, 1.82) is 0 Å². The molecule has 2 unspecified atom stereocenters. The van der Waals surface area contributed by atoms with Crippen LogP contribution < -0.4 is 5.32 Å². The number of nitrogens with zero attached hydrogens (tertiary/aromatic N) is 1. The fourth-order valence-corrected chi connectivity index (χ4v) is 6.03. The fourth-order valence-electron chi connectivity index (χ4n) is 3.31. The first-order valence-corrected chi connectivity index (χ1v) is 9.34. The van der Waals surface area contributed by atoms with Gasteiger partial charge in [0.05, 0.1) is 11.2 Å². The summed E-state index contributed by atoms with van der Waals surface area (Å²) in [6.45, 7) is 6.85. The van der Waals surface area contributed by atoms with Crippen LogP contribution >= 0.6 is 23.1 Å². The summed E-state index contributed by atoms with van der Waals surface area (Å²) in [4.78, 5) is 6.60. The minimum Gasteiger partial charge on any atom is -0.302 e. The lowest BCUT2D eigenvalue weighted by Crippen LogP contribution is -2.46. The Morgan fingerprint density at radius 2 is 2.11 bits per heavy atom. The van der Waals surface area contributed by atoms with Gasteiger partial charge >= 0.3 is 0 Å². The Bertz CT molecular complexity index is 431. The molecule has 1 aliphatic carbocycles. The van der Waals surface area contributed by atoms with Gasteiger partial charge in [0.1, 0.15) is 5.01 Å². The van der Waals surface area contributed by atoms with Gasteiger partial charge in [0.25, 0.3) is 0 Å². The van der Waals surface area contributed by atoms with Gasteiger partial charge < -0.3 is 5.32 Å². The molecule has 2 nitrogen and oxygen atoms in total. The number of hydrogen-bond donors (Lipinski definition) is 1. The molecule has 0 spiro atoms. The van der Waals surface area contributed by atoms with Crippen molar-refractivity contribution in [2.24, 2.45) is 0 Å². The average molecular weight is 297 g/mol. The molecule has 0 saturated carbocycles. The molecule has 0 bridgehead atoms. The summed E-state index contributed by atoms with van der Waals surface area (Å²) in [5.74, 6) is 1.18. The van der Waals surface area contributed by atoms with Gasteiger partial charge in [-0.05, 0) is 46.0 Å². The average Bonchev–Trinajstić information content (AvgIpc) is 2.93. The fraction of sp³-hybridized carbons (Fsp3) is 0.800. The van der Waals surface area contributed by atoms with Gasteiger partial charge in [-0.2, -0.15) is 11.8 Å². The van der Waals surface area contributed by atoms with E-state index >= 15 is 0 Å². The molecule has 1 N–H and O–H groups in total. The highest BCUT2D eigenvalue weighted by atomic mass is 32.2. The van der Waals surface area contributed by atoms with Crippen LogP contribution in [0.2, 0.25) is 0 Å². The number of rotatable bonds is 3. The second-order valence-electron chi connectivity index (χ2n) is 6.30. The minimum absolute atomic E-state index is 0.139. The molecular formula is C15H24N2S2. The third-order valence-corrected chi connectivity index (χ3v) is 6.83. The third-order valence-electron chi connectivity index (χ3n) is 4.07. The predicted octanol–water partition coefficient (Wildman–Crippen LogP) is 3.74. The number of thiazole rings is 1. The maximum Gasteiger partial charge on any atom is 0.114 e. The molecule has 2 aliphatic rings. The lowest BCUT2D eigenvalue weighted by Gasteiger charge is -2.30. The molecule has 2 heterocycles. The molecule has 3 rings (SSSR count). The van der Waals surface area contributed by atoms with Gasteiger partial charge in [0.15, 0.2) is 0 Å². The van der Waals surface area contributed by atoms with E-state index in [0.29, 0.717) is 6.04 Å². The lowest BCUT2D eigenvalue weighted by atomic mass is 9.95. The molecule has 1 aliphatic heterocycles. The van der Waals surface area contributed by atoms with Crippen molar-refractivity contribution in [2.75, 3.05) is 5.75 Å². The smallest absolute Gasteiger partial charge is 0.114 e. The van der Waals surface area contributed by atoms with Crippen LogP contribution in [0.3, 0.4) is 0 Å². The number of hydrogen-bond acceptors (Lipinski definition) is 4. The Kier molecular flexibility index (Phi) is 3.93. The first-order chi connectivity index (χ1) is 9.09. The number of aryl methyl sites for hydroxylation is 2. The molecule has 106 valence electrons. The number of aromatic nitrogens is 1. The highest BCUT2D eigenvalue weighted by molar-refractivity contribution is 8.00. The first kappa shape index (κ1) is 13.9. The summed E-state index contributed by atoms with van der Waals surface area (Å²) in [5, 5.41) is 5.95. The molecule has 0 aromatic carbocycles. The van der Waals surface area contributed by atoms with Crippen LogP contribution in [0.25, 0.3) is 0 Å². The SMILES string of the molecule is CC(C)NC1(c2nc3c(s2)CCCC3)CSC(C)C1. The van der Waals surface area contributed by atoms with E-state index in [0.717, 1.165) is 5.25 Å². The zero-order chi connectivity index (χ0) is 13.5. The maximum atomic E-state index is 5.04. The van der Waals surface area contributed by atoms with E-state index in [-0.39, 0.29) is 5.54 Å². The zero-order valence-corrected chi connectivity index (χ0v) is 13.8. The van der Waals surface area contributed by atoms with Crippen LogP contribution in [0.4, 0.5) is 0 Å². The molecule has 1 fully saturated rings. The summed E-state index contributed by atoms with van der Waals surface area (Å²) in [7, 11) is 0. The van der Waals surface area contributed by atoms with Gasteiger partial charge in [0.2, 0.25) is 0 Å². The van der Waals surface area contributed by atoms with Crippen molar-refractivity contribution in [3.8, 4) is 0 Å². The second-order valence-corrected chi connectivity index (χ2v) is 8.81. The van der Waals surface area contributed by atoms with E-state index in [4.69, 9.17) is 4.98 Å². The summed E-state index contributed by atoms with van der Waals surface area (Å²) >= 11 is 4.08. The molecule has 0 radical (unpaired) electrons. The molecule has 19 heavy (non-hydrogen) atoms. The van der Waals surface area contributed by atoms with Crippen molar-refractivity contribution in [3.63, 3.8) is 0 Å². The standard InChI is InChI=1S/C15H24N2S2/c1-10(2)17-15(8-11(3)18-9-15)14-16-12-6-4-5-7-13(12)19-14/h10-11,17H,4-9H2,1-3H3. The molecule has 1 aromatic rings. The molecular weight excluding hydrogens is 272 g/mol. The van der Waals surface area contributed by atoms with Gasteiger partial charge in [-0.3, -0.25) is 0 Å². The van der Waals surface area contributed by atoms with Crippen LogP contribution in [0.15, 0.2) is 0 Å². The second kappa shape index (κ2) is 5.38. The number of thioether (sulfide) groups is 1. The van der Waals surface area contributed by atoms with Crippen molar-refractivity contribution < 1.29 is 0 Å². The van der Waals surface area contributed by atoms with Crippen LogP contribution in [-0.2, 0) is 18.4 Å². The summed E-state index contributed by atoms with van der Waals surface area (Å²) in [5.41, 5.74) is 1.54. The van der Waals surface area contributed by atoms with E-state index in [9.17, 15) is 0 Å². The van der Waals surface area contributed by atoms with E-state index < -0.39 is 0 Å². The van der Waals surface area contributed by atoms with Gasteiger partial charge in [-0.1, -0.05) is 6.92 Å². The predicted molar refractivity (Wildman–Crippen MR) is 85.2 cm³/mol. The van der Waals surface area contributed by atoms with Gasteiger partial charge in [0, 0.05) is 21.9 Å². The van der Waals surface area contributed by atoms with E-state index in [1.807, 2.05) is 11.3 Å². The Balaban J connectivity index is 1.93. The van der Waals surface area contributed by atoms with E-state index in [1.54, 1.807) is 4.88 Å². The minimum atomic E-state index is 0.139. The Labute approximate surface area is 124 Å². The largest absolute Gasteiger partial charge is 0.302 e. The van der Waals surface area contributed by atoms with Crippen molar-refractivity contribution in [2.45, 2.75) is 69.7 Å². The van der Waals surface area contributed by atoms with Gasteiger partial charge in [-0.15, -0.1) is 11.3 Å². The topological polar surface area (TPSA) is 24.9 Å². The van der Waals surface area contributed by atoms with Crippen molar-refractivity contribution in [3.05, 3.63) is 15.6 Å². The Morgan fingerprint density at radius 1 is 1.32 bits per heavy atom. The molecule has 4 heteroatoms. The number of fused-ring (bicyclic) bond motifs is 1. The van der Waals surface area contributed by atoms with Crippen LogP contribution in [0, 0.1) is 0 Å². The zero-order valence-electron chi connectivity index (χ0n) is 12.2. The summed E-state index contributed by atoms with van der Waals surface area (Å²) < 4.78 is 0. The Hall–Kier alpha value is -0.0600. The van der Waals surface area contributed by atoms with Crippen LogP contribution in [0.5, 0.6) is 0 Å². The quantitative estimate of drug-likeness (QED) is 0.920. The summed E-state index contributed by atoms with van der Waals surface area (Å²) in [6, 6.07) is 0.520. The first-order valence-electron chi connectivity index (χ1n) is 7.47. The normalized spacial score (nSPS) is 30.8. The maximum absolute atomic E-state index is 5.04. The third kappa shape index (κ3) is 2.72. The van der Waals surface area contributed by atoms with E-state index in [2.05, 4.69) is 37.8 Å². The molecule has 2 atom stereocenters. The lowest BCUT2D eigenvalue weighted by molar-refractivity contribution is 0.330. The van der Waals surface area contributed by atoms with E-state index in [1.165, 1.54) is 48.6 Å². The van der Waals surface area contributed by atoms with Crippen LogP contribution in [0.1, 0.15) is 55.6 Å². The van der Waals surface area contributed by atoms with Crippen molar-refractivity contribution in [1.82, 2.24) is 10.3 Å². The highest BCUT2D eigenvalue weighted by Crippen LogP contribution is 2.44. The molecule has 1 aromatic heterocycles. The molecule has 0 amide bonds. The van der Waals surface area contributed by atoms with Gasteiger partial charge in [-0.25, -0.2) is 4.98 Å². The monoisotopic (exact) mass is 296 g/mol. The van der Waals surface area contributed by atoms with Crippen molar-refractivity contribution >= 4 is 23.1 Å².